The van der Waals surface area contributed by atoms with Gasteiger partial charge in [0.2, 0.25) is 23.6 Å². The van der Waals surface area contributed by atoms with Crippen molar-refractivity contribution in [2.24, 2.45) is 22.9 Å². The van der Waals surface area contributed by atoms with Crippen molar-refractivity contribution in [2.75, 3.05) is 83.9 Å². The highest BCUT2D eigenvalue weighted by Crippen LogP contribution is 2.18. The number of nitrogens with one attached hydrogen (secondary N) is 4. The maximum atomic E-state index is 14.0. The summed E-state index contributed by atoms with van der Waals surface area (Å²) in [7, 11) is 0. The van der Waals surface area contributed by atoms with Gasteiger partial charge in [0.15, 0.2) is 10.9 Å². The first-order valence-corrected chi connectivity index (χ1v) is 25.9. The zero-order chi connectivity index (χ0) is 57.3. The van der Waals surface area contributed by atoms with Crippen LogP contribution in [0.15, 0.2) is 66.9 Å². The first kappa shape index (κ1) is 62.9. The second-order valence-corrected chi connectivity index (χ2v) is 19.7. The molecule has 3 atom stereocenters. The van der Waals surface area contributed by atoms with E-state index in [1.54, 1.807) is 35.4 Å². The lowest BCUT2D eigenvalue weighted by Crippen LogP contribution is -2.54. The number of benzene rings is 2. The van der Waals surface area contributed by atoms with Gasteiger partial charge in [-0.15, -0.1) is 0 Å². The Hall–Kier alpha value is -7.65. The highest BCUT2D eigenvalue weighted by Gasteiger charge is 2.28. The molecule has 26 heteroatoms. The number of primary amides is 4. The molecule has 14 N–H and O–H groups in total. The fraction of sp³-hybridized carbons (Fsp3) is 0.481. The van der Waals surface area contributed by atoms with Crippen molar-refractivity contribution in [3.05, 3.63) is 94.8 Å². The molecule has 4 rings (SSSR count). The number of anilines is 1. The number of urea groups is 1. The van der Waals surface area contributed by atoms with Crippen LogP contribution in [-0.2, 0) is 53.1 Å². The lowest BCUT2D eigenvalue weighted by molar-refractivity contribution is -0.139. The number of nitrogens with zero attached hydrogens (tertiary/aromatic N) is 6. The summed E-state index contributed by atoms with van der Waals surface area (Å²) < 4.78 is 0. The average molecular weight is 1100 g/mol. The van der Waals surface area contributed by atoms with E-state index in [1.165, 1.54) is 6.92 Å². The van der Waals surface area contributed by atoms with Crippen LogP contribution in [0.2, 0.25) is 0 Å². The number of hydrogen-bond donors (Lipinski definition) is 10. The molecule has 424 valence electrons. The highest BCUT2D eigenvalue weighted by atomic mass is 32.1. The number of Topliss-reactive ketones (excluding diaryl/α,β-unsaturated/α-hetero) is 1. The van der Waals surface area contributed by atoms with E-state index in [2.05, 4.69) is 26.3 Å². The van der Waals surface area contributed by atoms with Crippen LogP contribution < -0.4 is 44.2 Å². The van der Waals surface area contributed by atoms with Crippen molar-refractivity contribution in [1.82, 2.24) is 45.4 Å². The number of unbranched alkanes of at least 4 members (excludes halogenated alkanes) is 1. The van der Waals surface area contributed by atoms with E-state index in [-0.39, 0.29) is 70.5 Å². The Morgan fingerprint density at radius 3 is 1.79 bits per heavy atom. The summed E-state index contributed by atoms with van der Waals surface area (Å²) in [6.45, 7) is 6.14. The molecule has 2 heterocycles. The number of carboxylic acids is 2. The van der Waals surface area contributed by atoms with E-state index in [1.807, 2.05) is 62.9 Å². The van der Waals surface area contributed by atoms with Crippen molar-refractivity contribution < 1.29 is 53.4 Å². The molecular weight excluding hydrogens is 1030 g/mol. The number of hydrogen-bond acceptors (Lipinski definition) is 15. The summed E-state index contributed by atoms with van der Waals surface area (Å²) in [5.74, 6) is -5.33. The Kier molecular flexibility index (Phi) is 25.9. The maximum Gasteiger partial charge on any atom is 0.326 e. The summed E-state index contributed by atoms with van der Waals surface area (Å²) >= 11 is 5.63. The Morgan fingerprint density at radius 1 is 0.692 bits per heavy atom. The third kappa shape index (κ3) is 23.7. The zero-order valence-electron chi connectivity index (χ0n) is 44.2. The zero-order valence-corrected chi connectivity index (χ0v) is 45.0. The second-order valence-electron chi connectivity index (χ2n) is 19.3. The number of carbonyl (C=O) groups is 9. The number of carbonyl (C=O) groups excluding carboxylic acids is 7. The first-order valence-electron chi connectivity index (χ1n) is 25.5. The number of rotatable bonds is 28. The van der Waals surface area contributed by atoms with E-state index in [4.69, 9.17) is 40.3 Å². The Balaban J connectivity index is 1.38. The molecule has 0 radical (unpaired) electrons. The van der Waals surface area contributed by atoms with E-state index < -0.39 is 59.5 Å². The maximum absolute atomic E-state index is 14.0. The topological polar surface area (TPSA) is 375 Å². The molecule has 78 heavy (non-hydrogen) atoms. The number of pyridine rings is 1. The van der Waals surface area contributed by atoms with Gasteiger partial charge in [0.25, 0.3) is 5.91 Å². The molecule has 0 aliphatic carbocycles. The Bertz CT molecular complexity index is 2540. The molecule has 1 unspecified atom stereocenters. The van der Waals surface area contributed by atoms with Gasteiger partial charge in [-0.2, -0.15) is 0 Å². The van der Waals surface area contributed by atoms with Gasteiger partial charge >= 0.3 is 18.0 Å². The summed E-state index contributed by atoms with van der Waals surface area (Å²) in [6, 6.07) is 14.6. The number of thiocarbonyl (C=S) groups is 1. The predicted molar refractivity (Wildman–Crippen MR) is 293 cm³/mol. The van der Waals surface area contributed by atoms with Crippen LogP contribution in [0.25, 0.3) is 0 Å². The van der Waals surface area contributed by atoms with E-state index >= 15 is 0 Å². The monoisotopic (exact) mass is 1100 g/mol. The van der Waals surface area contributed by atoms with Gasteiger partial charge in [0.05, 0.1) is 32.2 Å². The van der Waals surface area contributed by atoms with E-state index in [0.29, 0.717) is 88.0 Å². The van der Waals surface area contributed by atoms with Crippen LogP contribution >= 0.6 is 12.2 Å². The SMILES string of the molecule is CC(=O)[C@@H](CCC(=O)O)NC(=O)N[C@H](CCCCN(Cc1ccc(C)nc1)C(=O)c1ccc(CNC(=S)Nc2ccc(CC3CN(CC(N)=O)CCN(CC(N)=O)CCN(CC(N)=O)CCN3CC(N)=O)cc2)cc1)C(=O)O. The molecular formula is C52H74N14O11S. The van der Waals surface area contributed by atoms with Gasteiger partial charge in [0.1, 0.15) is 6.04 Å². The molecule has 1 aliphatic rings. The molecule has 2 aromatic carbocycles. The predicted octanol–water partition coefficient (Wildman–Crippen LogP) is -0.662. The summed E-state index contributed by atoms with van der Waals surface area (Å²) in [4.78, 5) is 124. The standard InChI is InChI=1S/C52H74N14O11S/c1-34-6-7-38(27-57-34)28-66(18-4-3-5-43(50(75)76)61-51(77)60-42(35(2)67)16-17-48(72)73)49(74)39-12-8-37(9-13-39)26-58-52(78)59-40-14-10-36(11-15-40)25-41-29-64(32-46(55)70)22-21-62(30-44(53)68)19-20-63(31-45(54)69)23-24-65(41)33-47(56)71/h6-15,27,41-43H,3-5,16-26,28-33H2,1-2H3,(H2,53,68)(H2,54,69)(H2,55,70)(H2,56,71)(H,72,73)(H,75,76)(H2,58,59,78)(H2,60,61,77)/t41?,42-,43-/m1/s1. The fourth-order valence-corrected chi connectivity index (χ4v) is 8.94. The molecule has 1 saturated heterocycles. The number of carboxylic acid groups (broad SMARTS) is 2. The molecule has 7 amide bonds. The van der Waals surface area contributed by atoms with Gasteiger partial charge < -0.3 is 59.3 Å². The van der Waals surface area contributed by atoms with Crippen LogP contribution in [0.4, 0.5) is 10.5 Å². The number of aryl methyl sites for hydroxylation is 1. The molecule has 0 bridgehead atoms. The van der Waals surface area contributed by atoms with E-state index in [9.17, 15) is 48.3 Å². The van der Waals surface area contributed by atoms with Crippen molar-refractivity contribution >= 4 is 76.3 Å². The lowest BCUT2D eigenvalue weighted by atomic mass is 10.0. The van der Waals surface area contributed by atoms with Crippen LogP contribution in [-0.4, -0.2) is 195 Å². The number of ketones is 1. The quantitative estimate of drug-likeness (QED) is 0.0319. The first-order chi connectivity index (χ1) is 37.0. The van der Waals surface area contributed by atoms with Gasteiger partial charge in [-0.1, -0.05) is 30.3 Å². The van der Waals surface area contributed by atoms with Crippen LogP contribution in [0.3, 0.4) is 0 Å². The third-order valence-electron chi connectivity index (χ3n) is 12.8. The largest absolute Gasteiger partial charge is 0.481 e. The van der Waals surface area contributed by atoms with Crippen molar-refractivity contribution in [3.8, 4) is 0 Å². The van der Waals surface area contributed by atoms with Gasteiger partial charge in [-0.05, 0) is 105 Å². The fourth-order valence-electron chi connectivity index (χ4n) is 8.75. The van der Waals surface area contributed by atoms with Crippen molar-refractivity contribution in [1.29, 1.82) is 0 Å². The number of nitrogens with two attached hydrogens (primary N) is 4. The van der Waals surface area contributed by atoms with Crippen LogP contribution in [0.1, 0.15) is 71.8 Å². The Morgan fingerprint density at radius 2 is 1.24 bits per heavy atom. The van der Waals surface area contributed by atoms with Crippen molar-refractivity contribution in [3.63, 3.8) is 0 Å². The third-order valence-corrected chi connectivity index (χ3v) is 13.1. The molecule has 1 fully saturated rings. The molecule has 3 aromatic rings. The van der Waals surface area contributed by atoms with Gasteiger partial charge in [0, 0.05) is 101 Å². The number of amides is 7. The van der Waals surface area contributed by atoms with Gasteiger partial charge in [-0.3, -0.25) is 58.1 Å². The summed E-state index contributed by atoms with van der Waals surface area (Å²) in [5, 5.41) is 30.2. The second kappa shape index (κ2) is 32.2. The lowest BCUT2D eigenvalue weighted by Gasteiger charge is -2.38. The molecule has 0 saturated carbocycles. The van der Waals surface area contributed by atoms with Crippen LogP contribution in [0.5, 0.6) is 0 Å². The number of aliphatic carboxylic acids is 2. The van der Waals surface area contributed by atoms with E-state index in [0.717, 1.165) is 22.4 Å². The molecule has 25 nitrogen and oxygen atoms in total. The average Bonchev–Trinajstić information content (AvgIpc) is 3.37. The minimum Gasteiger partial charge on any atom is -0.481 e. The number of aromatic nitrogens is 1. The Labute approximate surface area is 458 Å². The minimum atomic E-state index is -1.31. The van der Waals surface area contributed by atoms with Crippen molar-refractivity contribution in [2.45, 2.75) is 83.6 Å². The summed E-state index contributed by atoms with van der Waals surface area (Å²) in [6.07, 6.45) is 2.32. The molecule has 0 spiro atoms. The van der Waals surface area contributed by atoms with Gasteiger partial charge in [-0.25, -0.2) is 9.59 Å². The molecule has 1 aromatic heterocycles. The minimum absolute atomic E-state index is 0.0175. The summed E-state index contributed by atoms with van der Waals surface area (Å²) in [5.41, 5.74) is 27.0. The van der Waals surface area contributed by atoms with Crippen LogP contribution in [0, 0.1) is 6.92 Å². The molecule has 1 aliphatic heterocycles. The normalized spacial score (nSPS) is 15.7. The highest BCUT2D eigenvalue weighted by molar-refractivity contribution is 7.80. The smallest absolute Gasteiger partial charge is 0.326 e.